The molecule has 142 valence electrons. The maximum Gasteiger partial charge on any atom is 0.269 e. The number of anilines is 1. The standard InChI is InChI=1S/C18H19N3O5S/c1-2-25-11-12-26-16-6-4-3-5-15(16)19-18(27)20-17(22)13-7-9-14(10-8-13)21(23)24/h3-10H,2,11-12H2,1H3,(H2,19,20,22,27). The zero-order valence-electron chi connectivity index (χ0n) is 14.6. The minimum atomic E-state index is -0.531. The average molecular weight is 389 g/mol. The number of para-hydroxylation sites is 2. The summed E-state index contributed by atoms with van der Waals surface area (Å²) in [6, 6.07) is 12.4. The molecule has 0 saturated carbocycles. The number of ether oxygens (including phenoxy) is 2. The number of nitro benzene ring substituents is 1. The maximum atomic E-state index is 12.2. The summed E-state index contributed by atoms with van der Waals surface area (Å²) in [6.07, 6.45) is 0. The van der Waals surface area contributed by atoms with Gasteiger partial charge in [0.15, 0.2) is 5.11 Å². The van der Waals surface area contributed by atoms with E-state index in [0.29, 0.717) is 31.3 Å². The van der Waals surface area contributed by atoms with Crippen LogP contribution in [0.4, 0.5) is 11.4 Å². The molecule has 0 heterocycles. The van der Waals surface area contributed by atoms with Crippen molar-refractivity contribution in [3.8, 4) is 5.75 Å². The van der Waals surface area contributed by atoms with E-state index < -0.39 is 10.8 Å². The van der Waals surface area contributed by atoms with E-state index in [9.17, 15) is 14.9 Å². The fourth-order valence-corrected chi connectivity index (χ4v) is 2.32. The molecule has 0 fully saturated rings. The molecule has 0 spiro atoms. The van der Waals surface area contributed by atoms with Crippen molar-refractivity contribution in [1.82, 2.24) is 5.32 Å². The maximum absolute atomic E-state index is 12.2. The number of nitrogens with zero attached hydrogens (tertiary/aromatic N) is 1. The summed E-state index contributed by atoms with van der Waals surface area (Å²) in [4.78, 5) is 22.3. The van der Waals surface area contributed by atoms with Gasteiger partial charge in [0.2, 0.25) is 0 Å². The third-order valence-electron chi connectivity index (χ3n) is 3.39. The van der Waals surface area contributed by atoms with Crippen molar-refractivity contribution in [1.29, 1.82) is 0 Å². The number of carbonyl (C=O) groups excluding carboxylic acids is 1. The van der Waals surface area contributed by atoms with Crippen LogP contribution < -0.4 is 15.4 Å². The Labute approximate surface area is 161 Å². The molecule has 0 radical (unpaired) electrons. The minimum Gasteiger partial charge on any atom is -0.489 e. The van der Waals surface area contributed by atoms with Crippen molar-refractivity contribution in [2.75, 3.05) is 25.1 Å². The molecule has 9 heteroatoms. The van der Waals surface area contributed by atoms with Gasteiger partial charge in [-0.1, -0.05) is 12.1 Å². The number of nitro groups is 1. The normalized spacial score (nSPS) is 10.1. The Morgan fingerprint density at radius 2 is 1.85 bits per heavy atom. The van der Waals surface area contributed by atoms with Gasteiger partial charge in [0.25, 0.3) is 11.6 Å². The zero-order valence-corrected chi connectivity index (χ0v) is 15.5. The van der Waals surface area contributed by atoms with Crippen LogP contribution in [0, 0.1) is 10.1 Å². The fourth-order valence-electron chi connectivity index (χ4n) is 2.11. The monoisotopic (exact) mass is 389 g/mol. The van der Waals surface area contributed by atoms with Gasteiger partial charge in [-0.2, -0.15) is 0 Å². The van der Waals surface area contributed by atoms with Gasteiger partial charge in [-0.05, 0) is 43.4 Å². The molecule has 27 heavy (non-hydrogen) atoms. The lowest BCUT2D eigenvalue weighted by atomic mass is 10.2. The minimum absolute atomic E-state index is 0.0826. The molecule has 2 aromatic rings. The molecular formula is C18H19N3O5S. The molecule has 2 rings (SSSR count). The molecule has 0 bridgehead atoms. The highest BCUT2D eigenvalue weighted by Gasteiger charge is 2.12. The number of non-ortho nitro benzene ring substituents is 1. The van der Waals surface area contributed by atoms with Crippen LogP contribution in [0.15, 0.2) is 48.5 Å². The Hall–Kier alpha value is -3.04. The quantitative estimate of drug-likeness (QED) is 0.309. The summed E-state index contributed by atoms with van der Waals surface area (Å²) < 4.78 is 10.9. The first kappa shape index (κ1) is 20.3. The smallest absolute Gasteiger partial charge is 0.269 e. The number of thiocarbonyl (C=S) groups is 1. The van der Waals surface area contributed by atoms with Crippen LogP contribution in [0.25, 0.3) is 0 Å². The third kappa shape index (κ3) is 6.32. The van der Waals surface area contributed by atoms with Gasteiger partial charge < -0.3 is 14.8 Å². The van der Waals surface area contributed by atoms with E-state index in [4.69, 9.17) is 21.7 Å². The number of rotatable bonds is 8. The predicted octanol–water partition coefficient (Wildman–Crippen LogP) is 3.14. The lowest BCUT2D eigenvalue weighted by Crippen LogP contribution is -2.34. The SMILES string of the molecule is CCOCCOc1ccccc1NC(=S)NC(=O)c1ccc([N+](=O)[O-])cc1. The number of benzene rings is 2. The van der Waals surface area contributed by atoms with Gasteiger partial charge in [0, 0.05) is 24.3 Å². The number of carbonyl (C=O) groups is 1. The predicted molar refractivity (Wildman–Crippen MR) is 105 cm³/mol. The van der Waals surface area contributed by atoms with E-state index in [1.807, 2.05) is 13.0 Å². The second-order valence-corrected chi connectivity index (χ2v) is 5.66. The van der Waals surface area contributed by atoms with Crippen LogP contribution in [0.1, 0.15) is 17.3 Å². The first-order valence-corrected chi connectivity index (χ1v) is 8.58. The van der Waals surface area contributed by atoms with Gasteiger partial charge in [-0.25, -0.2) is 0 Å². The summed E-state index contributed by atoms with van der Waals surface area (Å²) in [5.74, 6) is 0.0984. The highest BCUT2D eigenvalue weighted by Crippen LogP contribution is 2.23. The largest absolute Gasteiger partial charge is 0.489 e. The lowest BCUT2D eigenvalue weighted by molar-refractivity contribution is -0.384. The zero-order chi connectivity index (χ0) is 19.6. The Balaban J connectivity index is 1.95. The molecule has 0 aliphatic carbocycles. The Bertz CT molecular complexity index is 811. The van der Waals surface area contributed by atoms with Crippen molar-refractivity contribution >= 4 is 34.6 Å². The first-order chi connectivity index (χ1) is 13.0. The van der Waals surface area contributed by atoms with Gasteiger partial charge in [-0.3, -0.25) is 20.2 Å². The molecule has 1 amide bonds. The lowest BCUT2D eigenvalue weighted by Gasteiger charge is -2.14. The molecule has 0 aliphatic heterocycles. The van der Waals surface area contributed by atoms with Crippen LogP contribution in [-0.2, 0) is 4.74 Å². The van der Waals surface area contributed by atoms with Gasteiger partial charge in [0.1, 0.15) is 12.4 Å². The summed E-state index contributed by atoms with van der Waals surface area (Å²) in [7, 11) is 0. The van der Waals surface area contributed by atoms with Crippen molar-refractivity contribution in [3.63, 3.8) is 0 Å². The highest BCUT2D eigenvalue weighted by atomic mass is 32.1. The van der Waals surface area contributed by atoms with Crippen molar-refractivity contribution in [2.24, 2.45) is 0 Å². The van der Waals surface area contributed by atoms with Crippen LogP contribution in [0.5, 0.6) is 5.75 Å². The Kier molecular flexibility index (Phi) is 7.65. The Morgan fingerprint density at radius 1 is 1.15 bits per heavy atom. The van der Waals surface area contributed by atoms with E-state index in [1.54, 1.807) is 18.2 Å². The van der Waals surface area contributed by atoms with Crippen molar-refractivity contribution < 1.29 is 19.2 Å². The molecule has 8 nitrogen and oxygen atoms in total. The Morgan fingerprint density at radius 3 is 2.52 bits per heavy atom. The van der Waals surface area contributed by atoms with E-state index in [2.05, 4.69) is 10.6 Å². The average Bonchev–Trinajstić information content (AvgIpc) is 2.66. The fraction of sp³-hybridized carbons (Fsp3) is 0.222. The molecule has 0 aliphatic rings. The van der Waals surface area contributed by atoms with Crippen LogP contribution in [0.3, 0.4) is 0 Å². The summed E-state index contributed by atoms with van der Waals surface area (Å²) >= 11 is 5.16. The molecule has 0 saturated heterocycles. The third-order valence-corrected chi connectivity index (χ3v) is 3.60. The van der Waals surface area contributed by atoms with E-state index in [1.165, 1.54) is 24.3 Å². The van der Waals surface area contributed by atoms with E-state index in [-0.39, 0.29) is 16.4 Å². The summed E-state index contributed by atoms with van der Waals surface area (Å²) in [5.41, 5.74) is 0.763. The number of nitrogens with one attached hydrogen (secondary N) is 2. The second kappa shape index (κ2) is 10.2. The number of hydrogen-bond acceptors (Lipinski definition) is 6. The molecule has 0 atom stereocenters. The number of amides is 1. The molecular weight excluding hydrogens is 370 g/mol. The highest BCUT2D eigenvalue weighted by molar-refractivity contribution is 7.80. The molecule has 0 unspecified atom stereocenters. The topological polar surface area (TPSA) is 103 Å². The van der Waals surface area contributed by atoms with E-state index >= 15 is 0 Å². The summed E-state index contributed by atoms with van der Waals surface area (Å²) in [6.45, 7) is 3.37. The molecule has 0 aromatic heterocycles. The van der Waals surface area contributed by atoms with Crippen LogP contribution >= 0.6 is 12.2 Å². The van der Waals surface area contributed by atoms with Crippen molar-refractivity contribution in [3.05, 3.63) is 64.2 Å². The van der Waals surface area contributed by atoms with Gasteiger partial charge in [0.05, 0.1) is 17.2 Å². The molecule has 2 aromatic carbocycles. The number of hydrogen-bond donors (Lipinski definition) is 2. The van der Waals surface area contributed by atoms with Gasteiger partial charge in [-0.15, -0.1) is 0 Å². The molecule has 2 N–H and O–H groups in total. The van der Waals surface area contributed by atoms with Crippen molar-refractivity contribution in [2.45, 2.75) is 6.92 Å². The second-order valence-electron chi connectivity index (χ2n) is 5.25. The summed E-state index contributed by atoms with van der Waals surface area (Å²) in [5, 5.41) is 16.2. The van der Waals surface area contributed by atoms with Crippen LogP contribution in [0.2, 0.25) is 0 Å². The first-order valence-electron chi connectivity index (χ1n) is 8.17. The van der Waals surface area contributed by atoms with E-state index in [0.717, 1.165) is 0 Å². The van der Waals surface area contributed by atoms with Gasteiger partial charge >= 0.3 is 0 Å². The van der Waals surface area contributed by atoms with Crippen LogP contribution in [-0.4, -0.2) is 35.8 Å².